The van der Waals surface area contributed by atoms with Crippen molar-refractivity contribution in [3.63, 3.8) is 0 Å². The molecule has 0 aliphatic carbocycles. The molecule has 0 aromatic carbocycles. The van der Waals surface area contributed by atoms with Gasteiger partial charge in [-0.1, -0.05) is 6.92 Å². The van der Waals surface area contributed by atoms with Crippen molar-refractivity contribution in [2.75, 3.05) is 0 Å². The highest BCUT2D eigenvalue weighted by Crippen LogP contribution is 2.00. The second-order valence-corrected chi connectivity index (χ2v) is 3.47. The van der Waals surface area contributed by atoms with Crippen LogP contribution in [0.3, 0.4) is 0 Å². The van der Waals surface area contributed by atoms with Gasteiger partial charge in [0.1, 0.15) is 0 Å². The first-order valence-corrected chi connectivity index (χ1v) is 5.01. The minimum atomic E-state index is -0.423. The number of carbonyl (C=O) groups is 1. The van der Waals surface area contributed by atoms with Crippen LogP contribution in [-0.4, -0.2) is 23.2 Å². The Labute approximate surface area is 85.9 Å². The van der Waals surface area contributed by atoms with Crippen LogP contribution in [0.2, 0.25) is 0 Å². The number of rotatable bonds is 6. The van der Waals surface area contributed by atoms with E-state index in [2.05, 4.69) is 11.2 Å². The van der Waals surface area contributed by atoms with Gasteiger partial charge in [0.05, 0.1) is 6.10 Å². The molecule has 14 heavy (non-hydrogen) atoms. The Morgan fingerprint density at radius 1 is 1.64 bits per heavy atom. The van der Waals surface area contributed by atoms with Gasteiger partial charge in [-0.3, -0.25) is 4.79 Å². The van der Waals surface area contributed by atoms with Gasteiger partial charge < -0.3 is 10.4 Å². The maximum Gasteiger partial charge on any atom is 0.220 e. The van der Waals surface area contributed by atoms with E-state index in [-0.39, 0.29) is 11.9 Å². The molecule has 0 bridgehead atoms. The number of terminal acetylenes is 1. The van der Waals surface area contributed by atoms with Crippen molar-refractivity contribution >= 4 is 5.91 Å². The summed E-state index contributed by atoms with van der Waals surface area (Å²) in [5.74, 6) is 2.49. The van der Waals surface area contributed by atoms with Crippen molar-refractivity contribution < 1.29 is 9.90 Å². The average molecular weight is 197 g/mol. The number of hydrogen-bond donors (Lipinski definition) is 2. The van der Waals surface area contributed by atoms with Gasteiger partial charge in [-0.15, -0.1) is 12.3 Å². The van der Waals surface area contributed by atoms with Crippen LogP contribution in [0.15, 0.2) is 0 Å². The Morgan fingerprint density at radius 3 is 2.71 bits per heavy atom. The van der Waals surface area contributed by atoms with E-state index < -0.39 is 6.10 Å². The van der Waals surface area contributed by atoms with Gasteiger partial charge in [0.25, 0.3) is 0 Å². The monoisotopic (exact) mass is 197 g/mol. The van der Waals surface area contributed by atoms with E-state index in [9.17, 15) is 4.79 Å². The van der Waals surface area contributed by atoms with Gasteiger partial charge in [0.2, 0.25) is 5.91 Å². The second-order valence-electron chi connectivity index (χ2n) is 3.47. The Morgan fingerprint density at radius 2 is 2.29 bits per heavy atom. The van der Waals surface area contributed by atoms with Crippen molar-refractivity contribution in [3.05, 3.63) is 0 Å². The summed E-state index contributed by atoms with van der Waals surface area (Å²) in [6, 6.07) is 0.0708. The summed E-state index contributed by atoms with van der Waals surface area (Å²) in [4.78, 5) is 11.3. The lowest BCUT2D eigenvalue weighted by atomic mass is 10.1. The first kappa shape index (κ1) is 13.0. The molecule has 0 aromatic rings. The van der Waals surface area contributed by atoms with E-state index in [1.165, 1.54) is 0 Å². The van der Waals surface area contributed by atoms with Crippen molar-refractivity contribution in [2.45, 2.75) is 51.7 Å². The number of hydrogen-bond acceptors (Lipinski definition) is 2. The summed E-state index contributed by atoms with van der Waals surface area (Å²) in [5.41, 5.74) is 0. The smallest absolute Gasteiger partial charge is 0.220 e. The van der Waals surface area contributed by atoms with Crippen molar-refractivity contribution in [3.8, 4) is 12.3 Å². The molecule has 3 nitrogen and oxygen atoms in total. The quantitative estimate of drug-likeness (QED) is 0.626. The summed E-state index contributed by atoms with van der Waals surface area (Å²) in [6.07, 6.45) is 7.00. The Balaban J connectivity index is 3.74. The predicted molar refractivity (Wildman–Crippen MR) is 56.6 cm³/mol. The molecule has 0 rings (SSSR count). The van der Waals surface area contributed by atoms with E-state index in [4.69, 9.17) is 11.5 Å². The van der Waals surface area contributed by atoms with Gasteiger partial charge in [0, 0.05) is 18.9 Å². The number of carbonyl (C=O) groups excluding carboxylic acids is 1. The number of aliphatic hydroxyl groups excluding tert-OH is 1. The van der Waals surface area contributed by atoms with Gasteiger partial charge in [-0.2, -0.15) is 0 Å². The molecular formula is C11H19NO2. The summed E-state index contributed by atoms with van der Waals surface area (Å²) >= 11 is 0. The Hall–Kier alpha value is -1.01. The molecule has 80 valence electrons. The van der Waals surface area contributed by atoms with E-state index >= 15 is 0 Å². The fourth-order valence-corrected chi connectivity index (χ4v) is 1.08. The number of amides is 1. The third-order valence-corrected chi connectivity index (χ3v) is 2.01. The van der Waals surface area contributed by atoms with Crippen LogP contribution in [0.5, 0.6) is 0 Å². The van der Waals surface area contributed by atoms with E-state index in [0.717, 1.165) is 6.42 Å². The second kappa shape index (κ2) is 7.40. The number of nitrogens with one attached hydrogen (secondary N) is 1. The average Bonchev–Trinajstić information content (AvgIpc) is 2.14. The summed E-state index contributed by atoms with van der Waals surface area (Å²) in [5, 5.41) is 11.8. The van der Waals surface area contributed by atoms with E-state index in [1.807, 2.05) is 6.92 Å². The third-order valence-electron chi connectivity index (χ3n) is 2.01. The lowest BCUT2D eigenvalue weighted by Crippen LogP contribution is -2.34. The molecule has 0 saturated heterocycles. The summed E-state index contributed by atoms with van der Waals surface area (Å²) in [6.45, 7) is 3.66. The minimum absolute atomic E-state index is 0.0343. The van der Waals surface area contributed by atoms with Crippen LogP contribution < -0.4 is 5.32 Å². The maximum atomic E-state index is 11.3. The highest BCUT2D eigenvalue weighted by atomic mass is 16.3. The summed E-state index contributed by atoms with van der Waals surface area (Å²) in [7, 11) is 0. The van der Waals surface area contributed by atoms with Crippen molar-refractivity contribution in [2.24, 2.45) is 0 Å². The highest BCUT2D eigenvalue weighted by molar-refractivity contribution is 5.76. The van der Waals surface area contributed by atoms with Crippen LogP contribution in [0.25, 0.3) is 0 Å². The molecule has 0 spiro atoms. The van der Waals surface area contributed by atoms with E-state index in [0.29, 0.717) is 19.3 Å². The highest BCUT2D eigenvalue weighted by Gasteiger charge is 2.09. The van der Waals surface area contributed by atoms with Crippen molar-refractivity contribution in [1.29, 1.82) is 0 Å². The first-order valence-electron chi connectivity index (χ1n) is 5.01. The van der Waals surface area contributed by atoms with Crippen LogP contribution in [0.1, 0.15) is 39.5 Å². The molecular weight excluding hydrogens is 178 g/mol. The van der Waals surface area contributed by atoms with Gasteiger partial charge in [0.15, 0.2) is 0 Å². The molecule has 0 saturated carbocycles. The molecule has 2 unspecified atom stereocenters. The lowest BCUT2D eigenvalue weighted by molar-refractivity contribution is -0.122. The fraction of sp³-hybridized carbons (Fsp3) is 0.727. The van der Waals surface area contributed by atoms with Crippen LogP contribution in [0.4, 0.5) is 0 Å². The molecule has 0 aliphatic heterocycles. The molecule has 1 amide bonds. The third kappa shape index (κ3) is 6.50. The summed E-state index contributed by atoms with van der Waals surface area (Å²) < 4.78 is 0. The van der Waals surface area contributed by atoms with Crippen molar-refractivity contribution in [1.82, 2.24) is 5.32 Å². The normalized spacial score (nSPS) is 14.1. The maximum absolute atomic E-state index is 11.3. The van der Waals surface area contributed by atoms with Gasteiger partial charge in [-0.25, -0.2) is 0 Å². The molecule has 0 aliphatic rings. The Kier molecular flexibility index (Phi) is 6.87. The molecule has 2 atom stereocenters. The molecule has 0 heterocycles. The van der Waals surface area contributed by atoms with Crippen LogP contribution >= 0.6 is 0 Å². The van der Waals surface area contributed by atoms with E-state index in [1.54, 1.807) is 6.92 Å². The SMILES string of the molecule is C#CCC(CC)NC(=O)CCC(C)O. The largest absolute Gasteiger partial charge is 0.393 e. The topological polar surface area (TPSA) is 49.3 Å². The van der Waals surface area contributed by atoms with Crippen LogP contribution in [-0.2, 0) is 4.79 Å². The molecule has 0 fully saturated rings. The van der Waals surface area contributed by atoms with Gasteiger partial charge in [-0.05, 0) is 19.8 Å². The van der Waals surface area contributed by atoms with Crippen LogP contribution in [0, 0.1) is 12.3 Å². The zero-order valence-corrected chi connectivity index (χ0v) is 8.92. The molecule has 0 radical (unpaired) electrons. The fourth-order valence-electron chi connectivity index (χ4n) is 1.08. The Bertz CT molecular complexity index is 206. The molecule has 2 N–H and O–H groups in total. The zero-order chi connectivity index (χ0) is 11.0. The lowest BCUT2D eigenvalue weighted by Gasteiger charge is -2.14. The molecule has 3 heteroatoms. The number of aliphatic hydroxyl groups is 1. The zero-order valence-electron chi connectivity index (χ0n) is 8.92. The van der Waals surface area contributed by atoms with Gasteiger partial charge >= 0.3 is 0 Å². The standard InChI is InChI=1S/C11H19NO2/c1-4-6-10(5-2)12-11(14)8-7-9(3)13/h1,9-10,13H,5-8H2,2-3H3,(H,12,14). The minimum Gasteiger partial charge on any atom is -0.393 e. The predicted octanol–water partition coefficient (Wildman–Crippen LogP) is 1.07. The first-order chi connectivity index (χ1) is 6.60. The molecule has 0 aromatic heterocycles.